The molecule has 3 aromatic carbocycles. The van der Waals surface area contributed by atoms with Crippen molar-refractivity contribution in [2.75, 3.05) is 0 Å². The van der Waals surface area contributed by atoms with E-state index < -0.39 is 12.1 Å². The van der Waals surface area contributed by atoms with Gasteiger partial charge in [-0.3, -0.25) is 4.79 Å². The lowest BCUT2D eigenvalue weighted by molar-refractivity contribution is 0.0280. The highest BCUT2D eigenvalue weighted by atomic mass is 35.5. The summed E-state index contributed by atoms with van der Waals surface area (Å²) in [7, 11) is 0. The number of hydrogen-bond donors (Lipinski definition) is 0. The predicted molar refractivity (Wildman–Crippen MR) is 116 cm³/mol. The Morgan fingerprint density at radius 2 is 1.38 bits per heavy atom. The molecule has 3 rings (SSSR count). The van der Waals surface area contributed by atoms with Gasteiger partial charge in [0.2, 0.25) is 5.78 Å². The fourth-order valence-electron chi connectivity index (χ4n) is 2.95. The van der Waals surface area contributed by atoms with Crippen LogP contribution in [0.1, 0.15) is 58.7 Å². The van der Waals surface area contributed by atoms with E-state index in [0.717, 1.165) is 5.56 Å². The molecule has 0 aliphatic rings. The molecule has 4 heteroatoms. The maximum atomic E-state index is 13.1. The summed E-state index contributed by atoms with van der Waals surface area (Å²) < 4.78 is 5.67. The van der Waals surface area contributed by atoms with Crippen LogP contribution >= 0.6 is 11.6 Å². The molecule has 0 fully saturated rings. The van der Waals surface area contributed by atoms with Crippen molar-refractivity contribution >= 4 is 23.4 Å². The Balaban J connectivity index is 1.89. The topological polar surface area (TPSA) is 43.4 Å². The number of Topliss-reactive ketones (excluding diaryl/α,β-unsaturated/α-hetero) is 1. The van der Waals surface area contributed by atoms with Crippen molar-refractivity contribution < 1.29 is 14.3 Å². The van der Waals surface area contributed by atoms with Gasteiger partial charge in [0.25, 0.3) is 0 Å². The molecular formula is C25H23ClO3. The molecule has 0 spiro atoms. The molecule has 1 atom stereocenters. The third-order valence-corrected chi connectivity index (χ3v) is 4.93. The summed E-state index contributed by atoms with van der Waals surface area (Å²) in [4.78, 5) is 25.9. The van der Waals surface area contributed by atoms with Crippen LogP contribution in [0.5, 0.6) is 0 Å². The average molecular weight is 407 g/mol. The Hall–Kier alpha value is -2.91. The Kier molecular flexibility index (Phi) is 6.19. The molecule has 0 aromatic heterocycles. The summed E-state index contributed by atoms with van der Waals surface area (Å²) in [5.41, 5.74) is 2.55. The molecule has 0 radical (unpaired) electrons. The highest BCUT2D eigenvalue weighted by Crippen LogP contribution is 2.27. The van der Waals surface area contributed by atoms with Crippen LogP contribution < -0.4 is 0 Å². The Morgan fingerprint density at radius 3 is 1.93 bits per heavy atom. The van der Waals surface area contributed by atoms with Crippen molar-refractivity contribution in [3.05, 3.63) is 106 Å². The Bertz CT molecular complexity index is 985. The molecule has 0 N–H and O–H groups in total. The third kappa shape index (κ3) is 5.12. The number of esters is 1. The van der Waals surface area contributed by atoms with E-state index in [1.807, 2.05) is 18.2 Å². The van der Waals surface area contributed by atoms with Crippen molar-refractivity contribution in [1.82, 2.24) is 0 Å². The van der Waals surface area contributed by atoms with Gasteiger partial charge < -0.3 is 4.74 Å². The fraction of sp³-hybridized carbons (Fsp3) is 0.200. The van der Waals surface area contributed by atoms with Gasteiger partial charge in [-0.25, -0.2) is 4.79 Å². The zero-order chi connectivity index (χ0) is 21.0. The van der Waals surface area contributed by atoms with Crippen LogP contribution in [-0.4, -0.2) is 11.8 Å². The second-order valence-corrected chi connectivity index (χ2v) is 8.33. The van der Waals surface area contributed by atoms with Gasteiger partial charge in [-0.2, -0.15) is 0 Å². The van der Waals surface area contributed by atoms with Crippen LogP contribution in [0.15, 0.2) is 78.9 Å². The third-order valence-electron chi connectivity index (χ3n) is 4.68. The molecular weight excluding hydrogens is 384 g/mol. The number of ether oxygens (including phenoxy) is 1. The van der Waals surface area contributed by atoms with Gasteiger partial charge in [0.05, 0.1) is 5.56 Å². The number of benzene rings is 3. The maximum Gasteiger partial charge on any atom is 0.339 e. The summed E-state index contributed by atoms with van der Waals surface area (Å²) in [6.07, 6.45) is -1.05. The van der Waals surface area contributed by atoms with E-state index in [-0.39, 0.29) is 11.2 Å². The van der Waals surface area contributed by atoms with Gasteiger partial charge >= 0.3 is 5.97 Å². The van der Waals surface area contributed by atoms with Crippen molar-refractivity contribution in [3.63, 3.8) is 0 Å². The molecule has 3 nitrogen and oxygen atoms in total. The smallest absolute Gasteiger partial charge is 0.339 e. The van der Waals surface area contributed by atoms with Crippen LogP contribution in [0.3, 0.4) is 0 Å². The molecule has 0 saturated heterocycles. The lowest BCUT2D eigenvalue weighted by atomic mass is 9.87. The fourth-order valence-corrected chi connectivity index (χ4v) is 3.07. The first kappa shape index (κ1) is 20.8. The van der Waals surface area contributed by atoms with Crippen LogP contribution in [-0.2, 0) is 10.2 Å². The van der Waals surface area contributed by atoms with Crippen LogP contribution in [0, 0.1) is 0 Å². The largest absolute Gasteiger partial charge is 0.445 e. The van der Waals surface area contributed by atoms with Gasteiger partial charge in [0, 0.05) is 16.1 Å². The predicted octanol–water partition coefficient (Wildman–Crippen LogP) is 6.42. The van der Waals surface area contributed by atoms with Crippen LogP contribution in [0.25, 0.3) is 0 Å². The Morgan fingerprint density at radius 1 is 0.793 bits per heavy atom. The van der Waals surface area contributed by atoms with E-state index >= 15 is 0 Å². The van der Waals surface area contributed by atoms with Crippen LogP contribution in [0.2, 0.25) is 5.02 Å². The Labute approximate surface area is 176 Å². The van der Waals surface area contributed by atoms with E-state index in [2.05, 4.69) is 20.8 Å². The number of carbonyl (C=O) groups excluding carboxylic acids is 2. The first-order chi connectivity index (χ1) is 13.8. The lowest BCUT2D eigenvalue weighted by Gasteiger charge is -2.20. The second kappa shape index (κ2) is 8.62. The van der Waals surface area contributed by atoms with Gasteiger partial charge in [-0.1, -0.05) is 87.0 Å². The summed E-state index contributed by atoms with van der Waals surface area (Å²) >= 11 is 5.97. The molecule has 148 valence electrons. The molecule has 0 bridgehead atoms. The number of hydrogen-bond acceptors (Lipinski definition) is 3. The molecule has 0 unspecified atom stereocenters. The van der Waals surface area contributed by atoms with Crippen molar-refractivity contribution in [3.8, 4) is 0 Å². The highest BCUT2D eigenvalue weighted by Gasteiger charge is 2.27. The van der Waals surface area contributed by atoms with E-state index in [1.165, 1.54) is 0 Å². The first-order valence-corrected chi connectivity index (χ1v) is 9.80. The van der Waals surface area contributed by atoms with E-state index in [0.29, 0.717) is 21.7 Å². The van der Waals surface area contributed by atoms with Crippen LogP contribution in [0.4, 0.5) is 0 Å². The van der Waals surface area contributed by atoms with Gasteiger partial charge in [0.15, 0.2) is 6.10 Å². The van der Waals surface area contributed by atoms with Crippen molar-refractivity contribution in [2.24, 2.45) is 0 Å². The molecule has 0 heterocycles. The van der Waals surface area contributed by atoms with E-state index in [4.69, 9.17) is 16.3 Å². The molecule has 3 aromatic rings. The van der Waals surface area contributed by atoms with Gasteiger partial charge in [-0.05, 0) is 35.2 Å². The van der Waals surface area contributed by atoms with Gasteiger partial charge in [0.1, 0.15) is 0 Å². The molecule has 0 aliphatic carbocycles. The monoisotopic (exact) mass is 406 g/mol. The molecule has 0 aliphatic heterocycles. The summed E-state index contributed by atoms with van der Waals surface area (Å²) in [5, 5.41) is 0.545. The quantitative estimate of drug-likeness (QED) is 0.362. The molecule has 0 saturated carbocycles. The first-order valence-electron chi connectivity index (χ1n) is 9.42. The summed E-state index contributed by atoms with van der Waals surface area (Å²) in [6, 6.07) is 22.8. The number of rotatable bonds is 5. The minimum Gasteiger partial charge on any atom is -0.445 e. The number of halogens is 1. The standard InChI is InChI=1S/C25H23ClO3/c1-25(2,3)20-13-9-19(10-14-20)24(28)29-23(18-11-15-21(26)16-12-18)22(27)17-7-5-4-6-8-17/h4-16,23H,1-3H3/t23-/m0/s1. The minimum atomic E-state index is -1.05. The summed E-state index contributed by atoms with van der Waals surface area (Å²) in [6.45, 7) is 6.32. The number of ketones is 1. The zero-order valence-corrected chi connectivity index (χ0v) is 17.4. The maximum absolute atomic E-state index is 13.1. The van der Waals surface area contributed by atoms with E-state index in [9.17, 15) is 9.59 Å². The minimum absolute atomic E-state index is 0.0163. The van der Waals surface area contributed by atoms with Gasteiger partial charge in [-0.15, -0.1) is 0 Å². The highest BCUT2D eigenvalue weighted by molar-refractivity contribution is 6.30. The second-order valence-electron chi connectivity index (χ2n) is 7.89. The normalized spacial score (nSPS) is 12.3. The van der Waals surface area contributed by atoms with Crippen molar-refractivity contribution in [1.29, 1.82) is 0 Å². The SMILES string of the molecule is CC(C)(C)c1ccc(C(=O)O[C@H](C(=O)c2ccccc2)c2ccc(Cl)cc2)cc1. The molecule has 29 heavy (non-hydrogen) atoms. The average Bonchev–Trinajstić information content (AvgIpc) is 2.72. The van der Waals surface area contributed by atoms with Crippen molar-refractivity contribution in [2.45, 2.75) is 32.3 Å². The lowest BCUT2D eigenvalue weighted by Crippen LogP contribution is -2.20. The molecule has 0 amide bonds. The number of carbonyl (C=O) groups is 2. The zero-order valence-electron chi connectivity index (χ0n) is 16.7. The summed E-state index contributed by atoms with van der Waals surface area (Å²) in [5.74, 6) is -0.831. The van der Waals surface area contributed by atoms with E-state index in [1.54, 1.807) is 60.7 Å².